The van der Waals surface area contributed by atoms with Crippen LogP contribution in [0.5, 0.6) is 5.75 Å². The van der Waals surface area contributed by atoms with E-state index < -0.39 is 0 Å². The van der Waals surface area contributed by atoms with Crippen molar-refractivity contribution < 1.29 is 14.0 Å². The normalized spacial score (nSPS) is 18.7. The lowest BCUT2D eigenvalue weighted by atomic mass is 10.1. The molecule has 30 heavy (non-hydrogen) atoms. The number of H-pyrrole nitrogens is 1. The zero-order valence-corrected chi connectivity index (χ0v) is 17.2. The van der Waals surface area contributed by atoms with E-state index in [2.05, 4.69) is 25.1 Å². The lowest BCUT2D eigenvalue weighted by molar-refractivity contribution is -0.156. The Hall–Kier alpha value is -2.78. The summed E-state index contributed by atoms with van der Waals surface area (Å²) in [6.45, 7) is 7.93. The van der Waals surface area contributed by atoms with Crippen LogP contribution in [-0.4, -0.2) is 63.6 Å². The highest BCUT2D eigenvalue weighted by Gasteiger charge is 2.40. The quantitative estimate of drug-likeness (QED) is 0.666. The van der Waals surface area contributed by atoms with Gasteiger partial charge in [-0.25, -0.2) is 14.4 Å². The second kappa shape index (κ2) is 7.48. The Balaban J connectivity index is 1.43. The summed E-state index contributed by atoms with van der Waals surface area (Å²) in [6, 6.07) is 5.08. The van der Waals surface area contributed by atoms with Crippen LogP contribution in [0, 0.1) is 5.82 Å². The van der Waals surface area contributed by atoms with Crippen LogP contribution in [0.3, 0.4) is 0 Å². The Labute approximate surface area is 174 Å². The van der Waals surface area contributed by atoms with Gasteiger partial charge in [0.05, 0.1) is 17.8 Å². The van der Waals surface area contributed by atoms with Gasteiger partial charge in [0.15, 0.2) is 11.6 Å². The number of nitrogens with one attached hydrogen (secondary N) is 1. The summed E-state index contributed by atoms with van der Waals surface area (Å²) in [5.41, 5.74) is 1.70. The van der Waals surface area contributed by atoms with Gasteiger partial charge in [-0.05, 0) is 32.8 Å². The molecule has 0 amide bonds. The minimum atomic E-state index is -0.388. The van der Waals surface area contributed by atoms with E-state index in [1.54, 1.807) is 12.4 Å². The minimum absolute atomic E-state index is 0.256. The van der Waals surface area contributed by atoms with Gasteiger partial charge in [0.25, 0.3) is 0 Å². The van der Waals surface area contributed by atoms with Crippen LogP contribution in [0.25, 0.3) is 22.3 Å². The molecule has 8 nitrogen and oxygen atoms in total. The molecule has 0 radical (unpaired) electrons. The summed E-state index contributed by atoms with van der Waals surface area (Å²) in [7, 11) is 0. The Morgan fingerprint density at radius 1 is 1.13 bits per heavy atom. The van der Waals surface area contributed by atoms with Crippen molar-refractivity contribution in [2.75, 3.05) is 37.7 Å². The maximum absolute atomic E-state index is 14.5. The SMILES string of the molecule is CCON1CCN(c2cc(-c3n[nH]c4cc(F)c(OC5(C)CC5)cc34)ncn2)CC1. The number of hydrogen-bond donors (Lipinski definition) is 1. The average molecular weight is 412 g/mol. The second-order valence-electron chi connectivity index (χ2n) is 8.05. The number of hydrogen-bond acceptors (Lipinski definition) is 7. The van der Waals surface area contributed by atoms with Gasteiger partial charge in [-0.3, -0.25) is 9.94 Å². The minimum Gasteiger partial charge on any atom is -0.484 e. The van der Waals surface area contributed by atoms with Crippen LogP contribution in [0.1, 0.15) is 26.7 Å². The van der Waals surface area contributed by atoms with Crippen LogP contribution < -0.4 is 9.64 Å². The van der Waals surface area contributed by atoms with Crippen molar-refractivity contribution in [3.8, 4) is 17.1 Å². The summed E-state index contributed by atoms with van der Waals surface area (Å²) in [6.07, 6.45) is 3.43. The molecule has 1 aliphatic heterocycles. The highest BCUT2D eigenvalue weighted by Crippen LogP contribution is 2.41. The standard InChI is InChI=1S/C21H25FN6O2/c1-3-29-28-8-6-27(7-9-28)19-12-17(23-13-24-19)20-14-10-18(30-21(2)4-5-21)15(22)11-16(14)25-26-20/h10-13H,3-9H2,1-2H3,(H,25,26). The lowest BCUT2D eigenvalue weighted by Crippen LogP contribution is -2.46. The number of nitrogens with zero attached hydrogens (tertiary/aromatic N) is 5. The Kier molecular flexibility index (Phi) is 4.79. The number of piperazine rings is 1. The van der Waals surface area contributed by atoms with Crippen LogP contribution in [-0.2, 0) is 4.84 Å². The summed E-state index contributed by atoms with van der Waals surface area (Å²) >= 11 is 0. The van der Waals surface area contributed by atoms with Crippen LogP contribution >= 0.6 is 0 Å². The molecule has 2 aliphatic rings. The van der Waals surface area contributed by atoms with E-state index in [0.29, 0.717) is 23.5 Å². The van der Waals surface area contributed by atoms with E-state index in [1.165, 1.54) is 6.07 Å². The third kappa shape index (κ3) is 3.70. The zero-order chi connectivity index (χ0) is 20.7. The molecule has 2 fully saturated rings. The average Bonchev–Trinajstić information content (AvgIpc) is 3.34. The summed E-state index contributed by atoms with van der Waals surface area (Å²) in [5, 5.41) is 10.1. The number of hydroxylamine groups is 2. The first-order valence-electron chi connectivity index (χ1n) is 10.4. The molecule has 2 aromatic heterocycles. The monoisotopic (exact) mass is 412 g/mol. The summed E-state index contributed by atoms with van der Waals surface area (Å²) in [4.78, 5) is 16.6. The molecule has 3 aromatic rings. The van der Waals surface area contributed by atoms with Gasteiger partial charge in [-0.2, -0.15) is 10.2 Å². The van der Waals surface area contributed by atoms with E-state index in [-0.39, 0.29) is 17.2 Å². The van der Waals surface area contributed by atoms with Crippen molar-refractivity contribution in [3.63, 3.8) is 0 Å². The molecule has 0 atom stereocenters. The Bertz CT molecular complexity index is 1060. The largest absolute Gasteiger partial charge is 0.484 e. The number of fused-ring (bicyclic) bond motifs is 1. The second-order valence-corrected chi connectivity index (χ2v) is 8.05. The van der Waals surface area contributed by atoms with Crippen molar-refractivity contribution in [2.24, 2.45) is 0 Å². The number of halogens is 1. The van der Waals surface area contributed by atoms with Crippen LogP contribution in [0.4, 0.5) is 10.2 Å². The molecule has 1 N–H and O–H groups in total. The van der Waals surface area contributed by atoms with E-state index in [1.807, 2.05) is 25.0 Å². The number of rotatable bonds is 6. The molecular formula is C21H25FN6O2. The predicted molar refractivity (Wildman–Crippen MR) is 111 cm³/mol. The maximum Gasteiger partial charge on any atom is 0.167 e. The fraction of sp³-hybridized carbons (Fsp3) is 0.476. The van der Waals surface area contributed by atoms with Crippen molar-refractivity contribution in [3.05, 3.63) is 30.3 Å². The molecule has 0 unspecified atom stereocenters. The van der Waals surface area contributed by atoms with Gasteiger partial charge in [0.2, 0.25) is 0 Å². The highest BCUT2D eigenvalue weighted by atomic mass is 19.1. The van der Waals surface area contributed by atoms with Gasteiger partial charge >= 0.3 is 0 Å². The molecular weight excluding hydrogens is 387 g/mol. The van der Waals surface area contributed by atoms with Gasteiger partial charge in [-0.15, -0.1) is 0 Å². The summed E-state index contributed by atoms with van der Waals surface area (Å²) < 4.78 is 20.4. The van der Waals surface area contributed by atoms with Gasteiger partial charge in [0, 0.05) is 43.7 Å². The fourth-order valence-corrected chi connectivity index (χ4v) is 3.71. The topological polar surface area (TPSA) is 79.4 Å². The maximum atomic E-state index is 14.5. The van der Waals surface area contributed by atoms with Crippen molar-refractivity contribution in [2.45, 2.75) is 32.3 Å². The highest BCUT2D eigenvalue weighted by molar-refractivity contribution is 5.93. The molecule has 1 aromatic carbocycles. The van der Waals surface area contributed by atoms with Crippen LogP contribution in [0.2, 0.25) is 0 Å². The van der Waals surface area contributed by atoms with Crippen LogP contribution in [0.15, 0.2) is 24.5 Å². The zero-order valence-electron chi connectivity index (χ0n) is 17.2. The molecule has 1 saturated carbocycles. The molecule has 0 spiro atoms. The van der Waals surface area contributed by atoms with E-state index in [9.17, 15) is 4.39 Å². The molecule has 158 valence electrons. The Morgan fingerprint density at radius 3 is 2.67 bits per heavy atom. The molecule has 1 saturated heterocycles. The fourth-order valence-electron chi connectivity index (χ4n) is 3.71. The van der Waals surface area contributed by atoms with E-state index in [0.717, 1.165) is 50.2 Å². The number of aromatic amines is 1. The first-order valence-corrected chi connectivity index (χ1v) is 10.4. The van der Waals surface area contributed by atoms with Crippen molar-refractivity contribution in [1.82, 2.24) is 25.2 Å². The molecule has 9 heteroatoms. The smallest absolute Gasteiger partial charge is 0.167 e. The number of ether oxygens (including phenoxy) is 1. The van der Waals surface area contributed by atoms with Gasteiger partial charge in [-0.1, -0.05) is 0 Å². The molecule has 1 aliphatic carbocycles. The van der Waals surface area contributed by atoms with Crippen molar-refractivity contribution in [1.29, 1.82) is 0 Å². The van der Waals surface area contributed by atoms with Crippen molar-refractivity contribution >= 4 is 16.7 Å². The number of benzene rings is 1. The van der Waals surface area contributed by atoms with Gasteiger partial charge < -0.3 is 9.64 Å². The van der Waals surface area contributed by atoms with Gasteiger partial charge in [0.1, 0.15) is 23.4 Å². The third-order valence-electron chi connectivity index (χ3n) is 5.70. The molecule has 3 heterocycles. The first-order chi connectivity index (χ1) is 14.5. The summed E-state index contributed by atoms with van der Waals surface area (Å²) in [5.74, 6) is 0.712. The molecule has 0 bridgehead atoms. The lowest BCUT2D eigenvalue weighted by Gasteiger charge is -2.34. The Morgan fingerprint density at radius 2 is 1.93 bits per heavy atom. The van der Waals surface area contributed by atoms with E-state index in [4.69, 9.17) is 9.57 Å². The van der Waals surface area contributed by atoms with E-state index >= 15 is 0 Å². The number of anilines is 1. The molecule has 5 rings (SSSR count). The predicted octanol–water partition coefficient (Wildman–Crippen LogP) is 3.16. The first kappa shape index (κ1) is 19.2. The number of aromatic nitrogens is 4. The third-order valence-corrected chi connectivity index (χ3v) is 5.70.